The number of aromatic nitrogens is 1. The highest BCUT2D eigenvalue weighted by Crippen LogP contribution is 2.36. The fourth-order valence-corrected chi connectivity index (χ4v) is 4.82. The van der Waals surface area contributed by atoms with Crippen LogP contribution in [0.25, 0.3) is 10.9 Å². The van der Waals surface area contributed by atoms with Crippen LogP contribution in [-0.4, -0.2) is 59.5 Å². The van der Waals surface area contributed by atoms with Crippen LogP contribution in [-0.2, 0) is 16.1 Å². The van der Waals surface area contributed by atoms with E-state index in [1.165, 1.54) is 4.90 Å². The van der Waals surface area contributed by atoms with Crippen LogP contribution in [0.5, 0.6) is 11.5 Å². The first kappa shape index (κ1) is 25.4. The number of piperidine rings is 1. The van der Waals surface area contributed by atoms with E-state index in [2.05, 4.69) is 16.7 Å². The molecule has 2 heterocycles. The number of carboxylic acids is 1. The van der Waals surface area contributed by atoms with Gasteiger partial charge in [-0.2, -0.15) is 0 Å². The second kappa shape index (κ2) is 10.1. The van der Waals surface area contributed by atoms with Crippen LogP contribution in [0.3, 0.4) is 0 Å². The van der Waals surface area contributed by atoms with Crippen LogP contribution in [0.2, 0.25) is 0 Å². The Labute approximate surface area is 211 Å². The molecule has 3 aromatic rings. The molecule has 2 aromatic carbocycles. The Bertz CT molecular complexity index is 1240. The van der Waals surface area contributed by atoms with Crippen molar-refractivity contribution in [2.45, 2.75) is 45.3 Å². The Morgan fingerprint density at radius 2 is 1.72 bits per heavy atom. The summed E-state index contributed by atoms with van der Waals surface area (Å²) in [6, 6.07) is 14.0. The van der Waals surface area contributed by atoms with E-state index in [4.69, 9.17) is 14.2 Å². The van der Waals surface area contributed by atoms with E-state index in [1.807, 2.05) is 36.5 Å². The number of rotatable bonds is 6. The number of carbonyl (C=O) groups is 2. The van der Waals surface area contributed by atoms with Gasteiger partial charge in [-0.25, -0.2) is 4.79 Å². The highest BCUT2D eigenvalue weighted by molar-refractivity contribution is 5.82. The summed E-state index contributed by atoms with van der Waals surface area (Å²) >= 11 is 0. The summed E-state index contributed by atoms with van der Waals surface area (Å²) < 4.78 is 18.4. The Kier molecular flexibility index (Phi) is 7.15. The van der Waals surface area contributed by atoms with Crippen molar-refractivity contribution in [2.24, 2.45) is 5.92 Å². The fraction of sp³-hybridized carbons (Fsp3) is 0.429. The van der Waals surface area contributed by atoms with Crippen molar-refractivity contribution in [3.63, 3.8) is 0 Å². The summed E-state index contributed by atoms with van der Waals surface area (Å²) in [6.07, 6.45) is 2.11. The molecule has 8 heteroatoms. The molecule has 192 valence electrons. The number of fused-ring (bicyclic) bond motifs is 1. The standard InChI is InChI=1S/C28H34N2O6/c1-28(2,3)36-27(33)30-11-9-23(24(17-30)26(31)32)20-7-6-19-8-10-29(25(19)14-20)16-18-12-21(34-4)15-22(13-18)35-5/h6-8,10,12-15,23-24H,9,11,16-17H2,1-5H3,(H,31,32)/t23-,24+/m1/s1. The van der Waals surface area contributed by atoms with Crippen LogP contribution in [0.15, 0.2) is 48.7 Å². The van der Waals surface area contributed by atoms with Gasteiger partial charge in [0.15, 0.2) is 0 Å². The number of carbonyl (C=O) groups excluding carboxylic acids is 1. The smallest absolute Gasteiger partial charge is 0.410 e. The van der Waals surface area contributed by atoms with Gasteiger partial charge in [-0.3, -0.25) is 4.79 Å². The third-order valence-electron chi connectivity index (χ3n) is 6.57. The van der Waals surface area contributed by atoms with E-state index in [-0.39, 0.29) is 12.5 Å². The molecule has 1 saturated heterocycles. The van der Waals surface area contributed by atoms with Crippen molar-refractivity contribution < 1.29 is 28.9 Å². The topological polar surface area (TPSA) is 90.2 Å². The van der Waals surface area contributed by atoms with Crippen molar-refractivity contribution >= 4 is 23.0 Å². The number of hydrogen-bond acceptors (Lipinski definition) is 5. The highest BCUT2D eigenvalue weighted by Gasteiger charge is 2.38. The van der Waals surface area contributed by atoms with E-state index < -0.39 is 23.6 Å². The molecule has 0 aliphatic carbocycles. The van der Waals surface area contributed by atoms with Gasteiger partial charge in [-0.05, 0) is 68.0 Å². The van der Waals surface area contributed by atoms with Gasteiger partial charge < -0.3 is 28.8 Å². The molecule has 1 aromatic heterocycles. The van der Waals surface area contributed by atoms with E-state index in [9.17, 15) is 14.7 Å². The van der Waals surface area contributed by atoms with E-state index in [1.54, 1.807) is 35.0 Å². The van der Waals surface area contributed by atoms with E-state index in [0.717, 1.165) is 33.5 Å². The maximum absolute atomic E-state index is 12.6. The SMILES string of the molecule is COc1cc(Cn2ccc3ccc([C@H]4CCN(C(=O)OC(C)(C)C)C[C@@H]4C(=O)O)cc32)cc(OC)c1. The maximum atomic E-state index is 12.6. The summed E-state index contributed by atoms with van der Waals surface area (Å²) in [6.45, 7) is 6.60. The molecular formula is C28H34N2O6. The molecule has 0 radical (unpaired) electrons. The first-order valence-electron chi connectivity index (χ1n) is 12.1. The lowest BCUT2D eigenvalue weighted by molar-refractivity contribution is -0.144. The van der Waals surface area contributed by atoms with Gasteiger partial charge in [0.05, 0.1) is 20.1 Å². The predicted octanol–water partition coefficient (Wildman–Crippen LogP) is 5.13. The molecule has 2 atom stereocenters. The van der Waals surface area contributed by atoms with Gasteiger partial charge in [-0.1, -0.05) is 12.1 Å². The number of ether oxygens (including phenoxy) is 3. The Hall–Kier alpha value is -3.68. The second-order valence-electron chi connectivity index (χ2n) is 10.2. The number of benzene rings is 2. The average molecular weight is 495 g/mol. The van der Waals surface area contributed by atoms with Crippen LogP contribution in [0, 0.1) is 5.92 Å². The highest BCUT2D eigenvalue weighted by atomic mass is 16.6. The predicted molar refractivity (Wildman–Crippen MR) is 137 cm³/mol. The molecule has 8 nitrogen and oxygen atoms in total. The Balaban J connectivity index is 1.60. The lowest BCUT2D eigenvalue weighted by Crippen LogP contribution is -2.47. The third kappa shape index (κ3) is 5.58. The number of aliphatic carboxylic acids is 1. The summed E-state index contributed by atoms with van der Waals surface area (Å²) in [7, 11) is 3.26. The zero-order chi connectivity index (χ0) is 26.0. The molecular weight excluding hydrogens is 460 g/mol. The zero-order valence-electron chi connectivity index (χ0n) is 21.5. The van der Waals surface area contributed by atoms with Gasteiger partial charge in [0.1, 0.15) is 17.1 Å². The van der Waals surface area contributed by atoms with Crippen LogP contribution in [0.1, 0.15) is 44.2 Å². The van der Waals surface area contributed by atoms with Gasteiger partial charge in [-0.15, -0.1) is 0 Å². The average Bonchev–Trinajstić information content (AvgIpc) is 3.24. The lowest BCUT2D eigenvalue weighted by atomic mass is 9.80. The summed E-state index contributed by atoms with van der Waals surface area (Å²) in [5, 5.41) is 11.1. The lowest BCUT2D eigenvalue weighted by Gasteiger charge is -2.37. The van der Waals surface area contributed by atoms with Gasteiger partial charge in [0, 0.05) is 43.3 Å². The van der Waals surface area contributed by atoms with Crippen molar-refractivity contribution in [2.75, 3.05) is 27.3 Å². The molecule has 36 heavy (non-hydrogen) atoms. The summed E-state index contributed by atoms with van der Waals surface area (Å²) in [5.74, 6) is -0.377. The second-order valence-corrected chi connectivity index (χ2v) is 10.2. The molecule has 1 aliphatic rings. The van der Waals surface area contributed by atoms with Crippen LogP contribution in [0.4, 0.5) is 4.79 Å². The zero-order valence-corrected chi connectivity index (χ0v) is 21.5. The number of likely N-dealkylation sites (tertiary alicyclic amines) is 1. The molecule has 0 unspecified atom stereocenters. The monoisotopic (exact) mass is 494 g/mol. The third-order valence-corrected chi connectivity index (χ3v) is 6.57. The fourth-order valence-electron chi connectivity index (χ4n) is 4.82. The largest absolute Gasteiger partial charge is 0.497 e. The normalized spacial score (nSPS) is 18.2. The van der Waals surface area contributed by atoms with E-state index in [0.29, 0.717) is 19.5 Å². The van der Waals surface area contributed by atoms with Crippen LogP contribution >= 0.6 is 0 Å². The minimum atomic E-state index is -0.910. The van der Waals surface area contributed by atoms with Crippen LogP contribution < -0.4 is 9.47 Å². The molecule has 1 fully saturated rings. The Morgan fingerprint density at radius 1 is 1.03 bits per heavy atom. The molecule has 4 rings (SSSR count). The molecule has 0 spiro atoms. The quantitative estimate of drug-likeness (QED) is 0.511. The maximum Gasteiger partial charge on any atom is 0.410 e. The van der Waals surface area contributed by atoms with Gasteiger partial charge in [0.2, 0.25) is 0 Å². The van der Waals surface area contributed by atoms with Crippen molar-refractivity contribution in [3.8, 4) is 11.5 Å². The van der Waals surface area contributed by atoms with Crippen molar-refractivity contribution in [1.82, 2.24) is 9.47 Å². The molecule has 1 aliphatic heterocycles. The molecule has 1 N–H and O–H groups in total. The number of methoxy groups -OCH3 is 2. The molecule has 0 saturated carbocycles. The number of hydrogen-bond donors (Lipinski definition) is 1. The minimum Gasteiger partial charge on any atom is -0.497 e. The minimum absolute atomic E-state index is 0.123. The Morgan fingerprint density at radius 3 is 2.33 bits per heavy atom. The van der Waals surface area contributed by atoms with E-state index >= 15 is 0 Å². The van der Waals surface area contributed by atoms with Gasteiger partial charge in [0.25, 0.3) is 0 Å². The summed E-state index contributed by atoms with van der Waals surface area (Å²) in [5.41, 5.74) is 2.38. The number of amides is 1. The number of nitrogens with zero attached hydrogens (tertiary/aromatic N) is 2. The van der Waals surface area contributed by atoms with Gasteiger partial charge >= 0.3 is 12.1 Å². The summed E-state index contributed by atoms with van der Waals surface area (Å²) in [4.78, 5) is 26.3. The van der Waals surface area contributed by atoms with Crippen molar-refractivity contribution in [1.29, 1.82) is 0 Å². The first-order valence-corrected chi connectivity index (χ1v) is 12.1. The van der Waals surface area contributed by atoms with Crippen molar-refractivity contribution in [3.05, 3.63) is 59.8 Å². The number of carboxylic acid groups (broad SMARTS) is 1. The molecule has 1 amide bonds. The first-order chi connectivity index (χ1) is 17.1. The molecule has 0 bridgehead atoms.